The van der Waals surface area contributed by atoms with Gasteiger partial charge in [0.1, 0.15) is 22.0 Å². The van der Waals surface area contributed by atoms with Crippen molar-refractivity contribution in [2.24, 2.45) is 0 Å². The molecule has 3 aromatic heterocycles. The number of nitrogens with one attached hydrogen (secondary N) is 1. The summed E-state index contributed by atoms with van der Waals surface area (Å²) in [4.78, 5) is 27.0. The first-order chi connectivity index (χ1) is 15.3. The van der Waals surface area contributed by atoms with Gasteiger partial charge < -0.3 is 5.32 Å². The van der Waals surface area contributed by atoms with Gasteiger partial charge in [0.05, 0.1) is 17.6 Å². The van der Waals surface area contributed by atoms with Crippen molar-refractivity contribution in [2.45, 2.75) is 0 Å². The number of amides is 1. The summed E-state index contributed by atoms with van der Waals surface area (Å²) >= 11 is 1.38. The molecule has 1 amide bonds. The Hall–Kier alpha value is -4.10. The van der Waals surface area contributed by atoms with Crippen LogP contribution in [0.25, 0.3) is 27.6 Å². The molecule has 150 valence electrons. The molecular formula is C24H17N5OS. The molecule has 3 heterocycles. The van der Waals surface area contributed by atoms with Gasteiger partial charge in [-0.1, -0.05) is 60.7 Å². The van der Waals surface area contributed by atoms with Crippen LogP contribution in [0.3, 0.4) is 0 Å². The van der Waals surface area contributed by atoms with E-state index in [1.54, 1.807) is 23.3 Å². The van der Waals surface area contributed by atoms with E-state index in [4.69, 9.17) is 4.98 Å². The van der Waals surface area contributed by atoms with Crippen molar-refractivity contribution in [3.8, 4) is 27.6 Å². The zero-order valence-corrected chi connectivity index (χ0v) is 17.2. The fourth-order valence-electron chi connectivity index (χ4n) is 3.17. The summed E-state index contributed by atoms with van der Waals surface area (Å²) in [5.74, 6) is 0.514. The van der Waals surface area contributed by atoms with E-state index in [2.05, 4.69) is 15.3 Å². The smallest absolute Gasteiger partial charge is 0.268 e. The van der Waals surface area contributed by atoms with Gasteiger partial charge >= 0.3 is 0 Å². The maximum atomic E-state index is 13.2. The second kappa shape index (κ2) is 8.33. The normalized spacial score (nSPS) is 10.7. The lowest BCUT2D eigenvalue weighted by atomic mass is 10.1. The molecule has 0 aliphatic rings. The van der Waals surface area contributed by atoms with Crippen molar-refractivity contribution in [3.05, 3.63) is 103 Å². The molecule has 0 atom stereocenters. The maximum Gasteiger partial charge on any atom is 0.268 e. The van der Waals surface area contributed by atoms with Gasteiger partial charge in [-0.3, -0.25) is 9.36 Å². The fraction of sp³-hybridized carbons (Fsp3) is 0. The Morgan fingerprint density at radius 2 is 1.65 bits per heavy atom. The van der Waals surface area contributed by atoms with Gasteiger partial charge in [0.25, 0.3) is 5.91 Å². The van der Waals surface area contributed by atoms with Gasteiger partial charge in [-0.2, -0.15) is 0 Å². The second-order valence-electron chi connectivity index (χ2n) is 6.76. The first-order valence-electron chi connectivity index (χ1n) is 9.65. The lowest BCUT2D eigenvalue weighted by Gasteiger charge is -2.06. The van der Waals surface area contributed by atoms with Crippen molar-refractivity contribution in [3.63, 3.8) is 0 Å². The molecule has 0 radical (unpaired) electrons. The Morgan fingerprint density at radius 1 is 0.903 bits per heavy atom. The number of anilines is 1. The largest absolute Gasteiger partial charge is 0.320 e. The standard InChI is InChI=1S/C24H17N5OS/c30-23(27-19-11-12-20(26-15-19)29-14-13-25-16-29)22-21(17-7-3-1-4-8-17)28-24(31-22)18-9-5-2-6-10-18/h1-16H,(H,27,30). The van der Waals surface area contributed by atoms with Crippen LogP contribution in [0.1, 0.15) is 9.67 Å². The lowest BCUT2D eigenvalue weighted by Crippen LogP contribution is -2.12. The highest BCUT2D eigenvalue weighted by Crippen LogP contribution is 2.34. The van der Waals surface area contributed by atoms with E-state index >= 15 is 0 Å². The van der Waals surface area contributed by atoms with Crippen LogP contribution in [-0.2, 0) is 0 Å². The average molecular weight is 424 g/mol. The molecule has 0 spiro atoms. The quantitative estimate of drug-likeness (QED) is 0.416. The molecule has 6 nitrogen and oxygen atoms in total. The number of aromatic nitrogens is 4. The molecule has 0 fully saturated rings. The third kappa shape index (κ3) is 3.99. The first kappa shape index (κ1) is 18.9. The molecule has 1 N–H and O–H groups in total. The first-order valence-corrected chi connectivity index (χ1v) is 10.5. The maximum absolute atomic E-state index is 13.2. The van der Waals surface area contributed by atoms with Crippen molar-refractivity contribution in [1.29, 1.82) is 0 Å². The van der Waals surface area contributed by atoms with Crippen LogP contribution in [0.4, 0.5) is 5.69 Å². The van der Waals surface area contributed by atoms with E-state index in [0.717, 1.165) is 22.0 Å². The molecule has 7 heteroatoms. The Bertz CT molecular complexity index is 1300. The number of carbonyl (C=O) groups excluding carboxylic acids is 1. The fourth-order valence-corrected chi connectivity index (χ4v) is 4.15. The van der Waals surface area contributed by atoms with E-state index < -0.39 is 0 Å². The third-order valence-corrected chi connectivity index (χ3v) is 5.78. The van der Waals surface area contributed by atoms with Crippen LogP contribution in [0.5, 0.6) is 0 Å². The minimum Gasteiger partial charge on any atom is -0.320 e. The third-order valence-electron chi connectivity index (χ3n) is 4.68. The minimum absolute atomic E-state index is 0.212. The van der Waals surface area contributed by atoms with E-state index in [9.17, 15) is 4.79 Å². The number of imidazole rings is 1. The summed E-state index contributed by atoms with van der Waals surface area (Å²) in [6.45, 7) is 0. The van der Waals surface area contributed by atoms with Crippen molar-refractivity contribution >= 4 is 22.9 Å². The van der Waals surface area contributed by atoms with Crippen LogP contribution < -0.4 is 5.32 Å². The molecule has 2 aromatic carbocycles. The summed E-state index contributed by atoms with van der Waals surface area (Å²) in [5.41, 5.74) is 3.17. The summed E-state index contributed by atoms with van der Waals surface area (Å²) < 4.78 is 1.80. The number of thiazole rings is 1. The number of pyridine rings is 1. The van der Waals surface area contributed by atoms with Gasteiger partial charge in [-0.15, -0.1) is 11.3 Å². The van der Waals surface area contributed by atoms with Gasteiger partial charge in [0.15, 0.2) is 0 Å². The highest BCUT2D eigenvalue weighted by atomic mass is 32.1. The van der Waals surface area contributed by atoms with Crippen LogP contribution >= 0.6 is 11.3 Å². The Labute approximate surface area is 182 Å². The van der Waals surface area contributed by atoms with Crippen molar-refractivity contribution in [1.82, 2.24) is 19.5 Å². The molecule has 31 heavy (non-hydrogen) atoms. The van der Waals surface area contributed by atoms with Crippen LogP contribution in [0.15, 0.2) is 97.7 Å². The Kier molecular flexibility index (Phi) is 5.08. The Balaban J connectivity index is 1.47. The predicted octanol–water partition coefficient (Wildman–Crippen LogP) is 5.31. The molecule has 0 aliphatic carbocycles. The summed E-state index contributed by atoms with van der Waals surface area (Å²) in [7, 11) is 0. The average Bonchev–Trinajstić information content (AvgIpc) is 3.52. The number of benzene rings is 2. The van der Waals surface area contributed by atoms with E-state index in [1.807, 2.05) is 79.0 Å². The van der Waals surface area contributed by atoms with Crippen LogP contribution in [0.2, 0.25) is 0 Å². The molecule has 0 saturated heterocycles. The number of hydrogen-bond acceptors (Lipinski definition) is 5. The van der Waals surface area contributed by atoms with E-state index in [-0.39, 0.29) is 5.91 Å². The zero-order chi connectivity index (χ0) is 21.0. The Morgan fingerprint density at radius 3 is 2.29 bits per heavy atom. The van der Waals surface area contributed by atoms with Crippen molar-refractivity contribution < 1.29 is 4.79 Å². The molecule has 0 unspecified atom stereocenters. The van der Waals surface area contributed by atoms with Crippen LogP contribution in [-0.4, -0.2) is 25.4 Å². The van der Waals surface area contributed by atoms with Gasteiger partial charge in [0, 0.05) is 23.5 Å². The number of rotatable bonds is 5. The number of carbonyl (C=O) groups is 1. The van der Waals surface area contributed by atoms with E-state index in [0.29, 0.717) is 16.3 Å². The summed E-state index contributed by atoms with van der Waals surface area (Å²) in [6.07, 6.45) is 6.81. The van der Waals surface area contributed by atoms with E-state index in [1.165, 1.54) is 11.3 Å². The monoisotopic (exact) mass is 423 g/mol. The topological polar surface area (TPSA) is 72.7 Å². The molecule has 0 saturated carbocycles. The van der Waals surface area contributed by atoms with Gasteiger partial charge in [-0.25, -0.2) is 15.0 Å². The predicted molar refractivity (Wildman–Crippen MR) is 122 cm³/mol. The second-order valence-corrected chi connectivity index (χ2v) is 7.76. The van der Waals surface area contributed by atoms with Gasteiger partial charge in [-0.05, 0) is 12.1 Å². The van der Waals surface area contributed by atoms with Gasteiger partial charge in [0.2, 0.25) is 0 Å². The number of hydrogen-bond donors (Lipinski definition) is 1. The molecular weight excluding hydrogens is 406 g/mol. The minimum atomic E-state index is -0.212. The SMILES string of the molecule is O=C(Nc1ccc(-n2ccnc2)nc1)c1sc(-c2ccccc2)nc1-c1ccccc1. The molecule has 0 bridgehead atoms. The zero-order valence-electron chi connectivity index (χ0n) is 16.3. The van der Waals surface area contributed by atoms with Crippen molar-refractivity contribution in [2.75, 3.05) is 5.32 Å². The summed E-state index contributed by atoms with van der Waals surface area (Å²) in [5, 5.41) is 3.75. The summed E-state index contributed by atoms with van der Waals surface area (Å²) in [6, 6.07) is 23.3. The molecule has 5 rings (SSSR count). The molecule has 0 aliphatic heterocycles. The number of nitrogens with zero attached hydrogens (tertiary/aromatic N) is 4. The highest BCUT2D eigenvalue weighted by molar-refractivity contribution is 7.17. The highest BCUT2D eigenvalue weighted by Gasteiger charge is 2.20. The van der Waals surface area contributed by atoms with Crippen LogP contribution in [0, 0.1) is 0 Å². The molecule has 5 aromatic rings. The lowest BCUT2D eigenvalue weighted by molar-refractivity contribution is 0.103.